The Morgan fingerprint density at radius 3 is 2.52 bits per heavy atom. The summed E-state index contributed by atoms with van der Waals surface area (Å²) in [7, 11) is 5.09. The number of hydrogen-bond donors (Lipinski definition) is 2. The molecular formula is C24H32ClN3O3. The fourth-order valence-electron chi connectivity index (χ4n) is 3.98. The van der Waals surface area contributed by atoms with Gasteiger partial charge in [0.25, 0.3) is 0 Å². The Kier molecular flexibility index (Phi) is 8.43. The van der Waals surface area contributed by atoms with Crippen molar-refractivity contribution in [3.63, 3.8) is 0 Å². The van der Waals surface area contributed by atoms with Crippen LogP contribution >= 0.6 is 11.6 Å². The van der Waals surface area contributed by atoms with E-state index in [1.54, 1.807) is 21.3 Å². The lowest BCUT2D eigenvalue weighted by Gasteiger charge is -2.38. The van der Waals surface area contributed by atoms with E-state index < -0.39 is 0 Å². The Hall–Kier alpha value is -2.44. The molecule has 1 aliphatic rings. The molecule has 6 nitrogen and oxygen atoms in total. The Balaban J connectivity index is 1.59. The van der Waals surface area contributed by atoms with Gasteiger partial charge in [-0.2, -0.15) is 0 Å². The topological polar surface area (TPSA) is 64.1 Å². The summed E-state index contributed by atoms with van der Waals surface area (Å²) in [5.41, 5.74) is 2.39. The molecule has 1 aliphatic heterocycles. The molecule has 7 heteroatoms. The van der Waals surface area contributed by atoms with E-state index in [-0.39, 0.29) is 5.41 Å². The van der Waals surface area contributed by atoms with E-state index in [1.165, 1.54) is 11.1 Å². The highest BCUT2D eigenvalue weighted by Crippen LogP contribution is 2.35. The molecular weight excluding hydrogens is 414 g/mol. The first-order chi connectivity index (χ1) is 15.1. The first-order valence-electron chi connectivity index (χ1n) is 10.6. The second-order valence-corrected chi connectivity index (χ2v) is 8.13. The van der Waals surface area contributed by atoms with Gasteiger partial charge in [-0.15, -0.1) is 0 Å². The fraction of sp³-hybridized carbons (Fsp3) is 0.458. The molecule has 0 aromatic heterocycles. The summed E-state index contributed by atoms with van der Waals surface area (Å²) in [6, 6.07) is 14.2. The van der Waals surface area contributed by atoms with Crippen LogP contribution in [0.5, 0.6) is 11.5 Å². The molecule has 31 heavy (non-hydrogen) atoms. The normalized spacial score (nSPS) is 15.9. The number of aliphatic imine (C=N–C) groups is 1. The lowest BCUT2D eigenvalue weighted by molar-refractivity contribution is 0.0514. The molecule has 0 atom stereocenters. The smallest absolute Gasteiger partial charge is 0.191 e. The lowest BCUT2D eigenvalue weighted by atomic mass is 9.74. The number of hydrogen-bond acceptors (Lipinski definition) is 4. The van der Waals surface area contributed by atoms with E-state index in [0.717, 1.165) is 68.0 Å². The van der Waals surface area contributed by atoms with Gasteiger partial charge in [-0.3, -0.25) is 4.99 Å². The zero-order valence-corrected chi connectivity index (χ0v) is 19.3. The number of guanidine groups is 1. The maximum atomic E-state index is 6.28. The summed E-state index contributed by atoms with van der Waals surface area (Å²) in [4.78, 5) is 4.40. The van der Waals surface area contributed by atoms with E-state index in [2.05, 4.69) is 33.8 Å². The van der Waals surface area contributed by atoms with Crippen molar-refractivity contribution < 1.29 is 14.2 Å². The van der Waals surface area contributed by atoms with Gasteiger partial charge in [-0.25, -0.2) is 0 Å². The molecule has 3 rings (SSSR count). The van der Waals surface area contributed by atoms with Gasteiger partial charge in [0.2, 0.25) is 0 Å². The zero-order valence-electron chi connectivity index (χ0n) is 18.5. The molecule has 1 heterocycles. The molecule has 168 valence electrons. The van der Waals surface area contributed by atoms with Crippen LogP contribution in [0.1, 0.15) is 24.0 Å². The SMILES string of the molecule is CN=C(NCCc1ccc(OC)c(OC)c1)NCC1(c2cccc(Cl)c2)CCOCC1. The molecule has 0 amide bonds. The minimum atomic E-state index is -0.0237. The van der Waals surface area contributed by atoms with E-state index >= 15 is 0 Å². The Morgan fingerprint density at radius 1 is 1.06 bits per heavy atom. The van der Waals surface area contributed by atoms with Gasteiger partial charge >= 0.3 is 0 Å². The first-order valence-corrected chi connectivity index (χ1v) is 11.0. The summed E-state index contributed by atoms with van der Waals surface area (Å²) < 4.78 is 16.3. The van der Waals surface area contributed by atoms with E-state index in [1.807, 2.05) is 24.3 Å². The molecule has 0 saturated carbocycles. The Bertz CT molecular complexity index is 882. The van der Waals surface area contributed by atoms with Crippen LogP contribution in [0, 0.1) is 0 Å². The molecule has 2 aromatic carbocycles. The molecule has 0 radical (unpaired) electrons. The van der Waals surface area contributed by atoms with Crippen LogP contribution in [0.4, 0.5) is 0 Å². The highest BCUT2D eigenvalue weighted by molar-refractivity contribution is 6.30. The van der Waals surface area contributed by atoms with Gasteiger partial charge in [0.1, 0.15) is 0 Å². The maximum Gasteiger partial charge on any atom is 0.191 e. The minimum absolute atomic E-state index is 0.0237. The molecule has 2 N–H and O–H groups in total. The van der Waals surface area contributed by atoms with E-state index in [0.29, 0.717) is 0 Å². The van der Waals surface area contributed by atoms with E-state index in [4.69, 9.17) is 25.8 Å². The number of benzene rings is 2. The summed E-state index contributed by atoms with van der Waals surface area (Å²) in [6.07, 6.45) is 2.74. The van der Waals surface area contributed by atoms with Crippen LogP contribution in [-0.4, -0.2) is 53.5 Å². The van der Waals surface area contributed by atoms with Crippen LogP contribution < -0.4 is 20.1 Å². The quantitative estimate of drug-likeness (QED) is 0.477. The third-order valence-electron chi connectivity index (χ3n) is 5.86. The van der Waals surface area contributed by atoms with Crippen molar-refractivity contribution in [3.8, 4) is 11.5 Å². The average Bonchev–Trinajstić information content (AvgIpc) is 2.81. The van der Waals surface area contributed by atoms with Crippen LogP contribution in [0.2, 0.25) is 5.02 Å². The second-order valence-electron chi connectivity index (χ2n) is 7.69. The third-order valence-corrected chi connectivity index (χ3v) is 6.09. The molecule has 1 saturated heterocycles. The number of rotatable bonds is 8. The number of nitrogens with one attached hydrogen (secondary N) is 2. The molecule has 2 aromatic rings. The van der Waals surface area contributed by atoms with Gasteiger partial charge in [-0.1, -0.05) is 29.8 Å². The van der Waals surface area contributed by atoms with Crippen LogP contribution in [0.15, 0.2) is 47.5 Å². The fourth-order valence-corrected chi connectivity index (χ4v) is 4.17. The Morgan fingerprint density at radius 2 is 1.84 bits per heavy atom. The van der Waals surface area contributed by atoms with Crippen molar-refractivity contribution in [2.45, 2.75) is 24.7 Å². The average molecular weight is 446 g/mol. The summed E-state index contributed by atoms with van der Waals surface area (Å²) in [5, 5.41) is 7.70. The van der Waals surface area contributed by atoms with Crippen molar-refractivity contribution >= 4 is 17.6 Å². The van der Waals surface area contributed by atoms with Crippen molar-refractivity contribution in [2.75, 3.05) is 47.6 Å². The van der Waals surface area contributed by atoms with Crippen molar-refractivity contribution in [1.29, 1.82) is 0 Å². The van der Waals surface area contributed by atoms with Crippen LogP contribution in [-0.2, 0) is 16.6 Å². The minimum Gasteiger partial charge on any atom is -0.493 e. The molecule has 1 fully saturated rings. The zero-order chi connectivity index (χ0) is 22.1. The van der Waals surface area contributed by atoms with Crippen LogP contribution in [0.25, 0.3) is 0 Å². The maximum absolute atomic E-state index is 6.28. The third kappa shape index (κ3) is 6.05. The van der Waals surface area contributed by atoms with Crippen molar-refractivity contribution in [3.05, 3.63) is 58.6 Å². The molecule has 0 spiro atoms. The standard InChI is InChI=1S/C24H32ClN3O3/c1-26-23(27-12-9-18-7-8-21(29-2)22(15-18)30-3)28-17-24(10-13-31-14-11-24)19-5-4-6-20(25)16-19/h4-8,15-16H,9-14,17H2,1-3H3,(H2,26,27,28). The second kappa shape index (κ2) is 11.3. The molecule has 0 unspecified atom stereocenters. The van der Waals surface area contributed by atoms with Crippen molar-refractivity contribution in [1.82, 2.24) is 10.6 Å². The summed E-state index contributed by atoms with van der Waals surface area (Å²) in [6.45, 7) is 3.02. The number of ether oxygens (including phenoxy) is 3. The van der Waals surface area contributed by atoms with Gasteiger partial charge in [0.05, 0.1) is 14.2 Å². The van der Waals surface area contributed by atoms with Gasteiger partial charge < -0.3 is 24.8 Å². The Labute approximate surface area is 190 Å². The summed E-state index contributed by atoms with van der Waals surface area (Å²) >= 11 is 6.28. The largest absolute Gasteiger partial charge is 0.493 e. The van der Waals surface area contributed by atoms with Crippen molar-refractivity contribution in [2.24, 2.45) is 4.99 Å². The highest BCUT2D eigenvalue weighted by Gasteiger charge is 2.34. The lowest BCUT2D eigenvalue weighted by Crippen LogP contribution is -2.48. The molecule has 0 aliphatic carbocycles. The predicted octanol–water partition coefficient (Wildman–Crippen LogP) is 3.81. The predicted molar refractivity (Wildman–Crippen MR) is 126 cm³/mol. The van der Waals surface area contributed by atoms with Crippen LogP contribution in [0.3, 0.4) is 0 Å². The first kappa shape index (κ1) is 23.2. The van der Waals surface area contributed by atoms with Gasteiger partial charge in [0.15, 0.2) is 17.5 Å². The number of nitrogens with zero attached hydrogens (tertiary/aromatic N) is 1. The highest BCUT2D eigenvalue weighted by atomic mass is 35.5. The summed E-state index contributed by atoms with van der Waals surface area (Å²) in [5.74, 6) is 2.26. The molecule has 0 bridgehead atoms. The monoisotopic (exact) mass is 445 g/mol. The number of methoxy groups -OCH3 is 2. The van der Waals surface area contributed by atoms with Gasteiger partial charge in [0, 0.05) is 43.8 Å². The number of halogens is 1. The van der Waals surface area contributed by atoms with Gasteiger partial charge in [-0.05, 0) is 54.7 Å². The van der Waals surface area contributed by atoms with E-state index in [9.17, 15) is 0 Å².